The molecule has 1 amide bonds. The van der Waals surface area contributed by atoms with Crippen LogP contribution in [0.15, 0.2) is 18.2 Å². The highest BCUT2D eigenvalue weighted by Crippen LogP contribution is 2.36. The summed E-state index contributed by atoms with van der Waals surface area (Å²) in [4.78, 5) is 24.0. The minimum absolute atomic E-state index is 0.0544. The average molecular weight is 294 g/mol. The summed E-state index contributed by atoms with van der Waals surface area (Å²) in [5.74, 6) is 0. The maximum atomic E-state index is 11.3. The normalized spacial score (nSPS) is 17.4. The van der Waals surface area contributed by atoms with Gasteiger partial charge in [-0.15, -0.1) is 0 Å². The van der Waals surface area contributed by atoms with Crippen LogP contribution in [-0.4, -0.2) is 44.3 Å². The summed E-state index contributed by atoms with van der Waals surface area (Å²) in [5.41, 5.74) is 1.08. The number of benzene rings is 1. The first kappa shape index (κ1) is 14.9. The lowest BCUT2D eigenvalue weighted by Crippen LogP contribution is -2.37. The number of alkyl carbamates (subject to hydrolysis) is 1. The van der Waals surface area contributed by atoms with Gasteiger partial charge in [0, 0.05) is 20.1 Å². The van der Waals surface area contributed by atoms with Crippen LogP contribution in [0.3, 0.4) is 0 Å². The van der Waals surface area contributed by atoms with Gasteiger partial charge in [0.1, 0.15) is 11.4 Å². The molecule has 114 valence electrons. The lowest BCUT2D eigenvalue weighted by atomic mass is 10.2. The van der Waals surface area contributed by atoms with Gasteiger partial charge in [-0.2, -0.15) is 0 Å². The average Bonchev–Trinajstić information content (AvgIpc) is 2.94. The van der Waals surface area contributed by atoms with Crippen molar-refractivity contribution in [1.29, 1.82) is 0 Å². The summed E-state index contributed by atoms with van der Waals surface area (Å²) >= 11 is 0. The summed E-state index contributed by atoms with van der Waals surface area (Å²) in [6.07, 6.45) is 0.232. The number of ether oxygens (including phenoxy) is 1. The third kappa shape index (κ3) is 3.15. The largest absolute Gasteiger partial charge is 0.453 e. The van der Waals surface area contributed by atoms with Gasteiger partial charge in [0.25, 0.3) is 0 Å². The van der Waals surface area contributed by atoms with Gasteiger partial charge in [-0.3, -0.25) is 10.1 Å². The van der Waals surface area contributed by atoms with Crippen molar-refractivity contribution in [3.63, 3.8) is 0 Å². The van der Waals surface area contributed by atoms with Crippen LogP contribution in [0.5, 0.6) is 0 Å². The molecule has 1 heterocycles. The summed E-state index contributed by atoms with van der Waals surface area (Å²) in [6.45, 7) is 1.16. The van der Waals surface area contributed by atoms with Crippen LogP contribution < -0.4 is 15.5 Å². The third-order valence-corrected chi connectivity index (χ3v) is 3.50. The van der Waals surface area contributed by atoms with E-state index in [0.717, 1.165) is 6.42 Å². The van der Waals surface area contributed by atoms with Gasteiger partial charge in [-0.1, -0.05) is 6.07 Å². The Morgan fingerprint density at radius 1 is 1.52 bits per heavy atom. The molecule has 1 aromatic carbocycles. The van der Waals surface area contributed by atoms with E-state index < -0.39 is 6.09 Å². The fourth-order valence-electron chi connectivity index (χ4n) is 2.50. The summed E-state index contributed by atoms with van der Waals surface area (Å²) in [7, 11) is 2.96. The molecular formula is C13H18N4O4. The van der Waals surface area contributed by atoms with Crippen LogP contribution in [0, 0.1) is 10.1 Å². The zero-order chi connectivity index (χ0) is 15.4. The van der Waals surface area contributed by atoms with Gasteiger partial charge in [0.2, 0.25) is 0 Å². The number of para-hydroxylation sites is 1. The predicted octanol–water partition coefficient (Wildman–Crippen LogP) is 1.57. The van der Waals surface area contributed by atoms with E-state index in [1.165, 1.54) is 7.11 Å². The highest BCUT2D eigenvalue weighted by molar-refractivity contribution is 5.77. The molecular weight excluding hydrogens is 276 g/mol. The van der Waals surface area contributed by atoms with Crippen molar-refractivity contribution in [1.82, 2.24) is 5.32 Å². The molecule has 1 aliphatic heterocycles. The first-order valence-electron chi connectivity index (χ1n) is 6.61. The Kier molecular flexibility index (Phi) is 4.46. The molecule has 1 atom stereocenters. The van der Waals surface area contributed by atoms with Crippen molar-refractivity contribution in [3.8, 4) is 0 Å². The Balaban J connectivity index is 2.20. The Bertz CT molecular complexity index is 549. The molecule has 0 saturated carbocycles. The molecule has 1 fully saturated rings. The number of rotatable bonds is 4. The van der Waals surface area contributed by atoms with E-state index >= 15 is 0 Å². The quantitative estimate of drug-likeness (QED) is 0.646. The van der Waals surface area contributed by atoms with Gasteiger partial charge in [0.15, 0.2) is 0 Å². The standard InChI is InChI=1S/C13H18N4O4/c1-14-10-4-3-5-11(12(10)17(19)20)16-7-6-9(8-16)15-13(18)21-2/h3-5,9,14H,6-8H2,1-2H3,(H,15,18). The fourth-order valence-corrected chi connectivity index (χ4v) is 2.50. The number of hydrogen-bond donors (Lipinski definition) is 2. The van der Waals surface area contributed by atoms with Gasteiger partial charge in [-0.05, 0) is 18.6 Å². The Labute approximate surface area is 122 Å². The Hall–Kier alpha value is -2.51. The smallest absolute Gasteiger partial charge is 0.407 e. The molecule has 8 nitrogen and oxygen atoms in total. The maximum Gasteiger partial charge on any atom is 0.407 e. The Morgan fingerprint density at radius 3 is 2.90 bits per heavy atom. The second kappa shape index (κ2) is 6.29. The molecule has 2 N–H and O–H groups in total. The molecule has 2 rings (SSSR count). The van der Waals surface area contributed by atoms with E-state index in [9.17, 15) is 14.9 Å². The van der Waals surface area contributed by atoms with Crippen LogP contribution in [0.25, 0.3) is 0 Å². The molecule has 8 heteroatoms. The SMILES string of the molecule is CNc1cccc(N2CCC(NC(=O)OC)C2)c1[N+](=O)[O-]. The van der Waals surface area contributed by atoms with E-state index in [1.807, 2.05) is 4.90 Å². The second-order valence-corrected chi connectivity index (χ2v) is 4.75. The van der Waals surface area contributed by atoms with Crippen LogP contribution in [-0.2, 0) is 4.74 Å². The zero-order valence-electron chi connectivity index (χ0n) is 12.0. The Morgan fingerprint density at radius 2 is 2.29 bits per heavy atom. The molecule has 0 spiro atoms. The minimum atomic E-state index is -0.486. The number of nitrogens with one attached hydrogen (secondary N) is 2. The van der Waals surface area contributed by atoms with Crippen molar-refractivity contribution in [2.24, 2.45) is 0 Å². The molecule has 0 bridgehead atoms. The number of anilines is 2. The van der Waals surface area contributed by atoms with Crippen molar-refractivity contribution in [2.75, 3.05) is 37.5 Å². The predicted molar refractivity (Wildman–Crippen MR) is 78.8 cm³/mol. The lowest BCUT2D eigenvalue weighted by molar-refractivity contribution is -0.383. The zero-order valence-corrected chi connectivity index (χ0v) is 12.0. The van der Waals surface area contributed by atoms with Crippen LogP contribution in [0.1, 0.15) is 6.42 Å². The summed E-state index contributed by atoms with van der Waals surface area (Å²) in [6, 6.07) is 5.09. The minimum Gasteiger partial charge on any atom is -0.453 e. The molecule has 1 aromatic rings. The van der Waals surface area contributed by atoms with E-state index in [2.05, 4.69) is 15.4 Å². The number of amides is 1. The monoisotopic (exact) mass is 294 g/mol. The van der Waals surface area contributed by atoms with Gasteiger partial charge >= 0.3 is 11.8 Å². The lowest BCUT2D eigenvalue weighted by Gasteiger charge is -2.19. The molecule has 1 unspecified atom stereocenters. The fraction of sp³-hybridized carbons (Fsp3) is 0.462. The van der Waals surface area contributed by atoms with Gasteiger partial charge in [-0.25, -0.2) is 4.79 Å². The van der Waals surface area contributed by atoms with E-state index in [1.54, 1.807) is 25.2 Å². The van der Waals surface area contributed by atoms with Crippen molar-refractivity contribution in [2.45, 2.75) is 12.5 Å². The number of methoxy groups -OCH3 is 1. The number of nitro benzene ring substituents is 1. The molecule has 1 aliphatic rings. The third-order valence-electron chi connectivity index (χ3n) is 3.50. The second-order valence-electron chi connectivity index (χ2n) is 4.75. The molecule has 0 aromatic heterocycles. The van der Waals surface area contributed by atoms with Gasteiger partial charge in [0.05, 0.1) is 18.1 Å². The van der Waals surface area contributed by atoms with Crippen molar-refractivity contribution < 1.29 is 14.5 Å². The highest BCUT2D eigenvalue weighted by Gasteiger charge is 2.30. The number of carbonyl (C=O) groups excluding carboxylic acids is 1. The van der Waals surface area contributed by atoms with Gasteiger partial charge < -0.3 is 20.3 Å². The van der Waals surface area contributed by atoms with Crippen LogP contribution in [0.2, 0.25) is 0 Å². The van der Waals surface area contributed by atoms with Crippen LogP contribution >= 0.6 is 0 Å². The highest BCUT2D eigenvalue weighted by atomic mass is 16.6. The van der Waals surface area contributed by atoms with Crippen molar-refractivity contribution in [3.05, 3.63) is 28.3 Å². The number of hydrogen-bond acceptors (Lipinski definition) is 6. The number of nitro groups is 1. The number of nitrogens with zero attached hydrogens (tertiary/aromatic N) is 2. The molecule has 1 saturated heterocycles. The van der Waals surface area contributed by atoms with E-state index in [4.69, 9.17) is 0 Å². The maximum absolute atomic E-state index is 11.3. The molecule has 0 aliphatic carbocycles. The topological polar surface area (TPSA) is 96.7 Å². The summed E-state index contributed by atoms with van der Waals surface area (Å²) < 4.78 is 4.56. The molecule has 21 heavy (non-hydrogen) atoms. The molecule has 0 radical (unpaired) electrons. The first-order valence-corrected chi connectivity index (χ1v) is 6.61. The number of carbonyl (C=O) groups is 1. The first-order chi connectivity index (χ1) is 10.1. The van der Waals surface area contributed by atoms with E-state index in [0.29, 0.717) is 24.5 Å². The summed E-state index contributed by atoms with van der Waals surface area (Å²) in [5, 5.41) is 16.9. The van der Waals surface area contributed by atoms with Crippen LogP contribution in [0.4, 0.5) is 21.9 Å². The van der Waals surface area contributed by atoms with Crippen molar-refractivity contribution >= 4 is 23.2 Å². The van der Waals surface area contributed by atoms with E-state index in [-0.39, 0.29) is 16.7 Å².